The number of esters is 3. The van der Waals surface area contributed by atoms with Crippen LogP contribution in [0.15, 0.2) is 97.2 Å². The van der Waals surface area contributed by atoms with E-state index in [9.17, 15) is 14.4 Å². The number of rotatable bonds is 49. The molecule has 0 heterocycles. The van der Waals surface area contributed by atoms with Crippen molar-refractivity contribution in [2.24, 2.45) is 0 Å². The summed E-state index contributed by atoms with van der Waals surface area (Å²) < 4.78 is 16.8. The zero-order chi connectivity index (χ0) is 48.6. The molecule has 0 N–H and O–H groups in total. The van der Waals surface area contributed by atoms with Crippen LogP contribution in [-0.4, -0.2) is 37.2 Å². The summed E-state index contributed by atoms with van der Waals surface area (Å²) in [7, 11) is 0. The highest BCUT2D eigenvalue weighted by Gasteiger charge is 2.19. The first-order chi connectivity index (χ1) is 33.0. The van der Waals surface area contributed by atoms with E-state index in [4.69, 9.17) is 14.2 Å². The van der Waals surface area contributed by atoms with Gasteiger partial charge in [0.1, 0.15) is 13.2 Å². The lowest BCUT2D eigenvalue weighted by Gasteiger charge is -2.18. The largest absolute Gasteiger partial charge is 0.462 e. The molecule has 0 aromatic heterocycles. The van der Waals surface area contributed by atoms with Crippen molar-refractivity contribution in [2.45, 2.75) is 258 Å². The van der Waals surface area contributed by atoms with E-state index in [0.717, 1.165) is 89.9 Å². The molecule has 0 radical (unpaired) electrons. The number of hydrogen-bond acceptors (Lipinski definition) is 6. The minimum absolute atomic E-state index is 0.113. The molecule has 382 valence electrons. The zero-order valence-electron chi connectivity index (χ0n) is 43.6. The van der Waals surface area contributed by atoms with Gasteiger partial charge in [-0.3, -0.25) is 14.4 Å². The monoisotopic (exact) mass is 931 g/mol. The van der Waals surface area contributed by atoms with Gasteiger partial charge in [-0.1, -0.05) is 221 Å². The lowest BCUT2D eigenvalue weighted by molar-refractivity contribution is -0.166. The summed E-state index contributed by atoms with van der Waals surface area (Å²) >= 11 is 0. The fraction of sp³-hybridized carbons (Fsp3) is 0.689. The van der Waals surface area contributed by atoms with E-state index < -0.39 is 12.1 Å². The third-order valence-electron chi connectivity index (χ3n) is 11.6. The highest BCUT2D eigenvalue weighted by Crippen LogP contribution is 2.14. The number of unbranched alkanes of at least 4 members (excludes halogenated alkanes) is 22. The highest BCUT2D eigenvalue weighted by molar-refractivity contribution is 5.71. The summed E-state index contributed by atoms with van der Waals surface area (Å²) in [6.45, 7) is 6.44. The molecule has 0 aromatic carbocycles. The average molecular weight is 931 g/mol. The maximum atomic E-state index is 12.8. The van der Waals surface area contributed by atoms with Crippen LogP contribution in [0.3, 0.4) is 0 Å². The molecule has 67 heavy (non-hydrogen) atoms. The molecule has 0 saturated carbocycles. The zero-order valence-corrected chi connectivity index (χ0v) is 43.6. The molecule has 0 aliphatic rings. The molecule has 1 atom stereocenters. The summed E-state index contributed by atoms with van der Waals surface area (Å²) in [6.07, 6.45) is 72.6. The van der Waals surface area contributed by atoms with Gasteiger partial charge in [0.25, 0.3) is 0 Å². The van der Waals surface area contributed by atoms with Gasteiger partial charge < -0.3 is 14.2 Å². The van der Waals surface area contributed by atoms with E-state index in [1.807, 2.05) is 12.2 Å². The molecule has 0 fully saturated rings. The molecule has 0 aromatic rings. The molecule has 0 spiro atoms. The van der Waals surface area contributed by atoms with E-state index >= 15 is 0 Å². The van der Waals surface area contributed by atoms with Gasteiger partial charge in [0, 0.05) is 19.3 Å². The Bertz CT molecular complexity index is 1350. The molecule has 0 aliphatic carbocycles. The van der Waals surface area contributed by atoms with Gasteiger partial charge in [0.15, 0.2) is 6.10 Å². The van der Waals surface area contributed by atoms with Crippen molar-refractivity contribution in [1.29, 1.82) is 0 Å². The Labute approximate surface area is 413 Å². The van der Waals surface area contributed by atoms with Crippen LogP contribution in [0, 0.1) is 0 Å². The van der Waals surface area contributed by atoms with Crippen molar-refractivity contribution in [3.8, 4) is 0 Å². The lowest BCUT2D eigenvalue weighted by Crippen LogP contribution is -2.30. The number of carbonyl (C=O) groups excluding carboxylic acids is 3. The summed E-state index contributed by atoms with van der Waals surface area (Å²) in [6, 6.07) is 0. The quantitative estimate of drug-likeness (QED) is 0.0262. The lowest BCUT2D eigenvalue weighted by atomic mass is 10.1. The second-order valence-electron chi connectivity index (χ2n) is 18.1. The highest BCUT2D eigenvalue weighted by atomic mass is 16.6. The minimum atomic E-state index is -0.823. The van der Waals surface area contributed by atoms with Crippen molar-refractivity contribution in [3.63, 3.8) is 0 Å². The SMILES string of the molecule is CC/C=C\C/C=C\C/C=C\C/C=C\C/C=C\C/C=C\CCC(=O)O[C@H](COC(=O)CCCCCCC/C=C\CCCCCCCC)COC(=O)CCCCCCCCC/C=C\CCCCCC. The van der Waals surface area contributed by atoms with Gasteiger partial charge in [-0.15, -0.1) is 0 Å². The van der Waals surface area contributed by atoms with Crippen LogP contribution in [0.5, 0.6) is 0 Å². The topological polar surface area (TPSA) is 78.9 Å². The Balaban J connectivity index is 4.53. The fourth-order valence-corrected chi connectivity index (χ4v) is 7.40. The standard InChI is InChI=1S/C61H102O6/c1-4-7-10-13-16-19-22-25-28-29-30-31-34-37-40-43-46-49-52-55-61(64)67-58(56-65-59(62)53-50-47-44-41-38-35-32-26-23-20-17-14-11-8-5-2)57-66-60(63)54-51-48-45-42-39-36-33-27-24-21-18-15-12-9-6-3/h7,10,16,19-20,23,25,27-28,30-31,33,37,40,46,49,58H,4-6,8-9,11-15,17-18,21-22,24,26,29,32,34-36,38-39,41-45,47-48,50-57H2,1-3H3/b10-7-,19-16-,23-20-,28-25-,31-30-,33-27-,40-37-,49-46-/t58-/m0/s1. The number of ether oxygens (including phenoxy) is 3. The second kappa shape index (κ2) is 54.9. The molecular formula is C61H102O6. The number of carbonyl (C=O) groups is 3. The first-order valence-electron chi connectivity index (χ1n) is 27.7. The van der Waals surface area contributed by atoms with Gasteiger partial charge in [-0.05, 0) is 109 Å². The van der Waals surface area contributed by atoms with Crippen molar-refractivity contribution in [3.05, 3.63) is 97.2 Å². The predicted molar refractivity (Wildman–Crippen MR) is 288 cm³/mol. The smallest absolute Gasteiger partial charge is 0.306 e. The molecule has 6 nitrogen and oxygen atoms in total. The van der Waals surface area contributed by atoms with Gasteiger partial charge >= 0.3 is 17.9 Å². The third kappa shape index (κ3) is 53.2. The van der Waals surface area contributed by atoms with Crippen LogP contribution in [0.25, 0.3) is 0 Å². The fourth-order valence-electron chi connectivity index (χ4n) is 7.40. The van der Waals surface area contributed by atoms with Gasteiger partial charge in [-0.25, -0.2) is 0 Å². The van der Waals surface area contributed by atoms with Crippen LogP contribution < -0.4 is 0 Å². The van der Waals surface area contributed by atoms with E-state index in [2.05, 4.69) is 106 Å². The first-order valence-corrected chi connectivity index (χ1v) is 27.7. The Hall–Kier alpha value is -3.67. The maximum absolute atomic E-state index is 12.8. The molecule has 0 amide bonds. The van der Waals surface area contributed by atoms with Gasteiger partial charge in [-0.2, -0.15) is 0 Å². The molecular weight excluding hydrogens is 829 g/mol. The summed E-state index contributed by atoms with van der Waals surface area (Å²) in [5, 5.41) is 0. The van der Waals surface area contributed by atoms with Gasteiger partial charge in [0.05, 0.1) is 0 Å². The van der Waals surface area contributed by atoms with Crippen molar-refractivity contribution >= 4 is 17.9 Å². The Morgan fingerprint density at radius 2 is 0.612 bits per heavy atom. The third-order valence-corrected chi connectivity index (χ3v) is 11.6. The summed E-state index contributed by atoms with van der Waals surface area (Å²) in [5.74, 6) is -1.01. The maximum Gasteiger partial charge on any atom is 0.306 e. The second-order valence-corrected chi connectivity index (χ2v) is 18.1. The summed E-state index contributed by atoms with van der Waals surface area (Å²) in [4.78, 5) is 38.1. The van der Waals surface area contributed by atoms with Crippen LogP contribution in [0.1, 0.15) is 252 Å². The van der Waals surface area contributed by atoms with Crippen molar-refractivity contribution in [1.82, 2.24) is 0 Å². The Morgan fingerprint density at radius 3 is 0.985 bits per heavy atom. The Morgan fingerprint density at radius 1 is 0.313 bits per heavy atom. The molecule has 0 aliphatic heterocycles. The normalized spacial score (nSPS) is 12.8. The average Bonchev–Trinajstić information content (AvgIpc) is 3.33. The predicted octanol–water partition coefficient (Wildman–Crippen LogP) is 18.5. The van der Waals surface area contributed by atoms with Crippen molar-refractivity contribution in [2.75, 3.05) is 13.2 Å². The molecule has 0 bridgehead atoms. The van der Waals surface area contributed by atoms with Crippen LogP contribution in [0.2, 0.25) is 0 Å². The Kier molecular flexibility index (Phi) is 51.9. The first kappa shape index (κ1) is 63.3. The molecule has 0 rings (SSSR count). The van der Waals surface area contributed by atoms with E-state index in [0.29, 0.717) is 19.3 Å². The van der Waals surface area contributed by atoms with Crippen molar-refractivity contribution < 1.29 is 28.6 Å². The summed E-state index contributed by atoms with van der Waals surface area (Å²) in [5.41, 5.74) is 0. The van der Waals surface area contributed by atoms with E-state index in [-0.39, 0.29) is 31.6 Å². The minimum Gasteiger partial charge on any atom is -0.462 e. The number of allylic oxidation sites excluding steroid dienone is 16. The molecule has 0 unspecified atom stereocenters. The van der Waals surface area contributed by atoms with Crippen LogP contribution >= 0.6 is 0 Å². The van der Waals surface area contributed by atoms with E-state index in [1.54, 1.807) is 0 Å². The van der Waals surface area contributed by atoms with Gasteiger partial charge in [0.2, 0.25) is 0 Å². The van der Waals surface area contributed by atoms with Crippen LogP contribution in [0.4, 0.5) is 0 Å². The molecule has 0 saturated heterocycles. The van der Waals surface area contributed by atoms with E-state index in [1.165, 1.54) is 116 Å². The van der Waals surface area contributed by atoms with Crippen LogP contribution in [-0.2, 0) is 28.6 Å². The number of hydrogen-bond donors (Lipinski definition) is 0. The molecule has 6 heteroatoms.